The maximum Gasteiger partial charge on any atom is 0.0307 e. The minimum absolute atomic E-state index is 0.0731. The summed E-state index contributed by atoms with van der Waals surface area (Å²) in [4.78, 5) is 6.61. The molecule has 1 aliphatic rings. The quantitative estimate of drug-likeness (QED) is 0.887. The van der Waals surface area contributed by atoms with Crippen molar-refractivity contribution in [1.82, 2.24) is 9.88 Å². The zero-order chi connectivity index (χ0) is 13.0. The smallest absolute Gasteiger partial charge is 0.0307 e. The highest BCUT2D eigenvalue weighted by molar-refractivity contribution is 5.13. The number of hydrogen-bond acceptors (Lipinski definition) is 3. The molecule has 100 valence electrons. The molecular weight excluding hydrogens is 222 g/mol. The van der Waals surface area contributed by atoms with Crippen LogP contribution < -0.4 is 5.73 Å². The molecule has 18 heavy (non-hydrogen) atoms. The van der Waals surface area contributed by atoms with Gasteiger partial charge in [0.15, 0.2) is 0 Å². The third-order valence-electron chi connectivity index (χ3n) is 4.28. The van der Waals surface area contributed by atoms with Gasteiger partial charge in [0.1, 0.15) is 0 Å². The van der Waals surface area contributed by atoms with Gasteiger partial charge in [-0.1, -0.05) is 6.42 Å². The van der Waals surface area contributed by atoms with Crippen LogP contribution in [0.25, 0.3) is 0 Å². The highest BCUT2D eigenvalue weighted by Crippen LogP contribution is 2.24. The number of likely N-dealkylation sites (tertiary alicyclic amines) is 1. The minimum Gasteiger partial charge on any atom is -0.326 e. The Morgan fingerprint density at radius 2 is 1.83 bits per heavy atom. The van der Waals surface area contributed by atoms with E-state index >= 15 is 0 Å². The summed E-state index contributed by atoms with van der Waals surface area (Å²) in [6.07, 6.45) is 8.60. The number of rotatable bonds is 4. The summed E-state index contributed by atoms with van der Waals surface area (Å²) in [6, 6.07) is 4.29. The summed E-state index contributed by atoms with van der Waals surface area (Å²) in [7, 11) is 0. The molecule has 0 spiro atoms. The summed E-state index contributed by atoms with van der Waals surface area (Å²) in [5.41, 5.74) is 7.81. The predicted molar refractivity (Wildman–Crippen MR) is 75.4 cm³/mol. The van der Waals surface area contributed by atoms with Gasteiger partial charge < -0.3 is 5.73 Å². The lowest BCUT2D eigenvalue weighted by Gasteiger charge is -2.44. The number of nitrogens with zero attached hydrogens (tertiary/aromatic N) is 2. The first kappa shape index (κ1) is 13.5. The Hall–Kier alpha value is -0.930. The third-order valence-corrected chi connectivity index (χ3v) is 4.28. The Balaban J connectivity index is 2.00. The van der Waals surface area contributed by atoms with Crippen molar-refractivity contribution in [3.05, 3.63) is 30.1 Å². The van der Waals surface area contributed by atoms with E-state index in [2.05, 4.69) is 35.9 Å². The van der Waals surface area contributed by atoms with E-state index in [1.165, 1.54) is 37.9 Å². The van der Waals surface area contributed by atoms with Gasteiger partial charge in [-0.25, -0.2) is 0 Å². The Morgan fingerprint density at radius 1 is 1.22 bits per heavy atom. The molecule has 0 bridgehead atoms. The molecule has 2 rings (SSSR count). The van der Waals surface area contributed by atoms with E-state index < -0.39 is 0 Å². The van der Waals surface area contributed by atoms with Crippen LogP contribution in [0.3, 0.4) is 0 Å². The molecule has 3 heteroatoms. The van der Waals surface area contributed by atoms with Crippen LogP contribution in [0, 0.1) is 0 Å². The van der Waals surface area contributed by atoms with Crippen molar-refractivity contribution in [1.29, 1.82) is 0 Å². The molecular formula is C15H25N3. The molecule has 1 aromatic heterocycles. The van der Waals surface area contributed by atoms with Crippen molar-refractivity contribution in [2.75, 3.05) is 13.1 Å². The first-order valence-corrected chi connectivity index (χ1v) is 7.00. The van der Waals surface area contributed by atoms with Gasteiger partial charge in [0.25, 0.3) is 0 Å². The van der Waals surface area contributed by atoms with Crippen LogP contribution >= 0.6 is 0 Å². The lowest BCUT2D eigenvalue weighted by molar-refractivity contribution is 0.0731. The molecule has 2 N–H and O–H groups in total. The number of piperidine rings is 1. The molecule has 1 unspecified atom stereocenters. The topological polar surface area (TPSA) is 42.1 Å². The van der Waals surface area contributed by atoms with E-state index in [1.807, 2.05) is 12.4 Å². The Morgan fingerprint density at radius 3 is 2.44 bits per heavy atom. The van der Waals surface area contributed by atoms with Gasteiger partial charge in [-0.05, 0) is 63.9 Å². The first-order chi connectivity index (χ1) is 8.60. The maximum absolute atomic E-state index is 6.45. The molecule has 0 radical (unpaired) electrons. The minimum atomic E-state index is 0.0731. The third kappa shape index (κ3) is 3.09. The van der Waals surface area contributed by atoms with E-state index in [1.54, 1.807) is 0 Å². The van der Waals surface area contributed by atoms with E-state index in [0.29, 0.717) is 0 Å². The molecule has 3 nitrogen and oxygen atoms in total. The van der Waals surface area contributed by atoms with Crippen LogP contribution in [0.2, 0.25) is 0 Å². The molecule has 1 atom stereocenters. The SMILES string of the molecule is CC(C)(C(N)Cc1ccncc1)N1CCCCC1. The molecule has 1 fully saturated rings. The molecule has 1 saturated heterocycles. The molecule has 2 heterocycles. The van der Waals surface area contributed by atoms with Crippen LogP contribution in [0.5, 0.6) is 0 Å². The van der Waals surface area contributed by atoms with Gasteiger partial charge in [-0.3, -0.25) is 9.88 Å². The highest BCUT2D eigenvalue weighted by atomic mass is 15.2. The molecule has 1 aromatic rings. The van der Waals surface area contributed by atoms with Gasteiger partial charge in [0.2, 0.25) is 0 Å². The lowest BCUT2D eigenvalue weighted by atomic mass is 9.87. The van der Waals surface area contributed by atoms with Gasteiger partial charge in [-0.15, -0.1) is 0 Å². The summed E-state index contributed by atoms with van der Waals surface area (Å²) < 4.78 is 0. The van der Waals surface area contributed by atoms with Crippen molar-refractivity contribution >= 4 is 0 Å². The van der Waals surface area contributed by atoms with E-state index in [-0.39, 0.29) is 11.6 Å². The van der Waals surface area contributed by atoms with Gasteiger partial charge in [0.05, 0.1) is 0 Å². The predicted octanol–water partition coefficient (Wildman–Crippen LogP) is 2.22. The number of aromatic nitrogens is 1. The van der Waals surface area contributed by atoms with Crippen molar-refractivity contribution in [2.24, 2.45) is 5.73 Å². The Bertz CT molecular complexity index is 355. The Labute approximate surface area is 110 Å². The summed E-state index contributed by atoms with van der Waals surface area (Å²) in [5, 5.41) is 0. The average molecular weight is 247 g/mol. The number of nitrogens with two attached hydrogens (primary N) is 1. The summed E-state index contributed by atoms with van der Waals surface area (Å²) in [6.45, 7) is 6.95. The second-order valence-electron chi connectivity index (χ2n) is 5.87. The molecule has 0 amide bonds. The van der Waals surface area contributed by atoms with Gasteiger partial charge in [-0.2, -0.15) is 0 Å². The maximum atomic E-state index is 6.45. The normalized spacial score (nSPS) is 19.7. The van der Waals surface area contributed by atoms with E-state index in [0.717, 1.165) is 6.42 Å². The molecule has 1 aliphatic heterocycles. The van der Waals surface area contributed by atoms with Crippen LogP contribution in [0.15, 0.2) is 24.5 Å². The summed E-state index contributed by atoms with van der Waals surface area (Å²) >= 11 is 0. The molecule has 0 saturated carbocycles. The van der Waals surface area contributed by atoms with E-state index in [4.69, 9.17) is 5.73 Å². The van der Waals surface area contributed by atoms with Crippen LogP contribution in [0.1, 0.15) is 38.7 Å². The van der Waals surface area contributed by atoms with Gasteiger partial charge >= 0.3 is 0 Å². The fourth-order valence-electron chi connectivity index (χ4n) is 2.73. The fourth-order valence-corrected chi connectivity index (χ4v) is 2.73. The van der Waals surface area contributed by atoms with Crippen LogP contribution in [-0.2, 0) is 6.42 Å². The zero-order valence-corrected chi connectivity index (χ0v) is 11.6. The number of hydrogen-bond donors (Lipinski definition) is 1. The van der Waals surface area contributed by atoms with Crippen molar-refractivity contribution in [3.8, 4) is 0 Å². The zero-order valence-electron chi connectivity index (χ0n) is 11.6. The fraction of sp³-hybridized carbons (Fsp3) is 0.667. The van der Waals surface area contributed by atoms with Crippen LogP contribution in [-0.4, -0.2) is 34.6 Å². The standard InChI is InChI=1S/C15H25N3/c1-15(2,18-10-4-3-5-11-18)14(16)12-13-6-8-17-9-7-13/h6-9,14H,3-5,10-12,16H2,1-2H3. The molecule has 0 aromatic carbocycles. The monoisotopic (exact) mass is 247 g/mol. The largest absolute Gasteiger partial charge is 0.326 e. The second-order valence-corrected chi connectivity index (χ2v) is 5.87. The van der Waals surface area contributed by atoms with Crippen molar-refractivity contribution < 1.29 is 0 Å². The van der Waals surface area contributed by atoms with Crippen molar-refractivity contribution in [3.63, 3.8) is 0 Å². The van der Waals surface area contributed by atoms with Gasteiger partial charge in [0, 0.05) is 24.0 Å². The van der Waals surface area contributed by atoms with E-state index in [9.17, 15) is 0 Å². The number of pyridine rings is 1. The summed E-state index contributed by atoms with van der Waals surface area (Å²) in [5.74, 6) is 0. The first-order valence-electron chi connectivity index (χ1n) is 7.00. The Kier molecular flexibility index (Phi) is 4.36. The second kappa shape index (κ2) is 5.81. The lowest BCUT2D eigenvalue weighted by Crippen LogP contribution is -2.58. The van der Waals surface area contributed by atoms with Crippen molar-refractivity contribution in [2.45, 2.75) is 51.1 Å². The highest BCUT2D eigenvalue weighted by Gasteiger charge is 2.33. The average Bonchev–Trinajstić information content (AvgIpc) is 2.41. The van der Waals surface area contributed by atoms with Crippen LogP contribution in [0.4, 0.5) is 0 Å². The molecule has 0 aliphatic carbocycles.